The molecule has 102 valence electrons. The van der Waals surface area contributed by atoms with Crippen LogP contribution in [0.25, 0.3) is 0 Å². The van der Waals surface area contributed by atoms with E-state index >= 15 is 0 Å². The maximum Gasteiger partial charge on any atom is 0.328 e. The molecule has 1 saturated heterocycles. The lowest BCUT2D eigenvalue weighted by atomic mass is 9.99. The van der Waals surface area contributed by atoms with Gasteiger partial charge in [0.05, 0.1) is 0 Å². The molecule has 0 aromatic carbocycles. The van der Waals surface area contributed by atoms with Gasteiger partial charge in [0.1, 0.15) is 0 Å². The molecule has 0 aromatic rings. The molecule has 0 radical (unpaired) electrons. The second-order valence-electron chi connectivity index (χ2n) is 5.36. The summed E-state index contributed by atoms with van der Waals surface area (Å²) in [6.45, 7) is 6.85. The van der Waals surface area contributed by atoms with E-state index in [1.54, 1.807) is 4.90 Å². The van der Waals surface area contributed by atoms with Crippen LogP contribution in [0.2, 0.25) is 0 Å². The fraction of sp³-hybridized carbons (Fsp3) is 0.467. The number of imide groups is 1. The first-order valence-corrected chi connectivity index (χ1v) is 6.70. The number of hydrogen-bond acceptors (Lipinski definition) is 2. The van der Waals surface area contributed by atoms with Crippen LogP contribution in [0.3, 0.4) is 0 Å². The molecular weight excluding hydrogens is 240 g/mol. The molecule has 0 spiro atoms. The molecule has 1 unspecified atom stereocenters. The molecule has 1 heterocycles. The number of amides is 3. The Balaban J connectivity index is 2.20. The van der Waals surface area contributed by atoms with Gasteiger partial charge in [0.15, 0.2) is 0 Å². The average molecular weight is 260 g/mol. The Morgan fingerprint density at radius 3 is 2.63 bits per heavy atom. The Bertz CT molecular complexity index is 486. The molecular formula is C15H20N2O2. The predicted molar refractivity (Wildman–Crippen MR) is 74.2 cm³/mol. The first-order valence-electron chi connectivity index (χ1n) is 6.70. The monoisotopic (exact) mass is 260 g/mol. The number of allylic oxidation sites excluding steroid dienone is 5. The summed E-state index contributed by atoms with van der Waals surface area (Å²) in [7, 11) is 0. The van der Waals surface area contributed by atoms with E-state index in [9.17, 15) is 9.59 Å². The lowest BCUT2D eigenvalue weighted by molar-refractivity contribution is -0.121. The van der Waals surface area contributed by atoms with Crippen molar-refractivity contribution >= 4 is 11.9 Å². The largest absolute Gasteiger partial charge is 0.328 e. The summed E-state index contributed by atoms with van der Waals surface area (Å²) in [6, 6.07) is -0.327. The van der Waals surface area contributed by atoms with Crippen LogP contribution >= 0.6 is 0 Å². The van der Waals surface area contributed by atoms with E-state index in [1.165, 1.54) is 5.57 Å². The first kappa shape index (κ1) is 13.6. The Labute approximate surface area is 113 Å². The molecule has 1 aliphatic heterocycles. The third kappa shape index (κ3) is 3.13. The third-order valence-electron chi connectivity index (χ3n) is 3.37. The molecule has 2 aliphatic rings. The van der Waals surface area contributed by atoms with Crippen LogP contribution in [-0.2, 0) is 4.79 Å². The standard InChI is InChI=1S/C15H20N2O2/c1-10(2)12-4-5-13(9-11(3)8-12)17-7-6-14(18)16-15(17)19/h4-5,8-11H,6-7H2,1-3H3,(H,16,18,19). The van der Waals surface area contributed by atoms with Gasteiger partial charge in [-0.15, -0.1) is 0 Å². The smallest absolute Gasteiger partial charge is 0.294 e. The Morgan fingerprint density at radius 1 is 1.26 bits per heavy atom. The summed E-state index contributed by atoms with van der Waals surface area (Å²) in [5.74, 6) is 0.532. The van der Waals surface area contributed by atoms with Crippen molar-refractivity contribution in [2.45, 2.75) is 27.2 Å². The lowest BCUT2D eigenvalue weighted by Crippen LogP contribution is -2.48. The number of nitrogens with zero attached hydrogens (tertiary/aromatic N) is 1. The van der Waals surface area contributed by atoms with Gasteiger partial charge in [-0.3, -0.25) is 15.0 Å². The van der Waals surface area contributed by atoms with Gasteiger partial charge in [-0.1, -0.05) is 39.0 Å². The number of hydrogen-bond donors (Lipinski definition) is 1. The van der Waals surface area contributed by atoms with Gasteiger partial charge in [-0.2, -0.15) is 0 Å². The molecule has 4 nitrogen and oxygen atoms in total. The van der Waals surface area contributed by atoms with Crippen LogP contribution in [0.4, 0.5) is 4.79 Å². The van der Waals surface area contributed by atoms with Gasteiger partial charge in [0.2, 0.25) is 5.91 Å². The molecule has 1 N–H and O–H groups in total. The first-order chi connectivity index (χ1) is 8.97. The predicted octanol–water partition coefficient (Wildman–Crippen LogP) is 2.60. The average Bonchev–Trinajstić information content (AvgIpc) is 2.51. The number of rotatable bonds is 2. The van der Waals surface area contributed by atoms with Crippen molar-refractivity contribution in [3.8, 4) is 0 Å². The lowest BCUT2D eigenvalue weighted by Gasteiger charge is -2.27. The van der Waals surface area contributed by atoms with E-state index in [0.717, 1.165) is 5.70 Å². The maximum atomic E-state index is 11.8. The van der Waals surface area contributed by atoms with Gasteiger partial charge in [0.25, 0.3) is 0 Å². The molecule has 0 bridgehead atoms. The van der Waals surface area contributed by atoms with Crippen molar-refractivity contribution in [1.29, 1.82) is 0 Å². The summed E-state index contributed by atoms with van der Waals surface area (Å²) in [5, 5.41) is 2.35. The Kier molecular flexibility index (Phi) is 3.88. The second kappa shape index (κ2) is 5.43. The van der Waals surface area contributed by atoms with Gasteiger partial charge < -0.3 is 0 Å². The summed E-state index contributed by atoms with van der Waals surface area (Å²) in [6.07, 6.45) is 8.65. The van der Waals surface area contributed by atoms with Crippen molar-refractivity contribution in [3.05, 3.63) is 35.6 Å². The van der Waals surface area contributed by atoms with Crippen LogP contribution in [-0.4, -0.2) is 23.4 Å². The second-order valence-corrected chi connectivity index (χ2v) is 5.36. The van der Waals surface area contributed by atoms with Crippen molar-refractivity contribution in [2.75, 3.05) is 6.54 Å². The number of carbonyl (C=O) groups excluding carboxylic acids is 2. The normalized spacial score (nSPS) is 24.0. The fourth-order valence-electron chi connectivity index (χ4n) is 2.29. The Hall–Kier alpha value is -1.84. The minimum absolute atomic E-state index is 0.200. The molecule has 1 fully saturated rings. The van der Waals surface area contributed by atoms with Crippen LogP contribution in [0.5, 0.6) is 0 Å². The summed E-state index contributed by atoms with van der Waals surface area (Å²) < 4.78 is 0. The topological polar surface area (TPSA) is 49.4 Å². The van der Waals surface area contributed by atoms with Crippen LogP contribution < -0.4 is 5.32 Å². The van der Waals surface area contributed by atoms with Crippen molar-refractivity contribution in [2.24, 2.45) is 11.8 Å². The molecule has 19 heavy (non-hydrogen) atoms. The van der Waals surface area contributed by atoms with Gasteiger partial charge in [-0.25, -0.2) is 4.79 Å². The zero-order chi connectivity index (χ0) is 14.0. The molecule has 0 aromatic heterocycles. The Morgan fingerprint density at radius 2 is 2.00 bits per heavy atom. The number of nitrogens with one attached hydrogen (secondary N) is 1. The highest BCUT2D eigenvalue weighted by Crippen LogP contribution is 2.23. The highest BCUT2D eigenvalue weighted by molar-refractivity contribution is 5.97. The van der Waals surface area contributed by atoms with E-state index in [4.69, 9.17) is 0 Å². The highest BCUT2D eigenvalue weighted by atomic mass is 16.2. The summed E-state index contributed by atoms with van der Waals surface area (Å²) in [4.78, 5) is 24.6. The van der Waals surface area contributed by atoms with Gasteiger partial charge in [0, 0.05) is 18.7 Å². The molecule has 1 aliphatic carbocycles. The molecule has 2 rings (SSSR count). The third-order valence-corrected chi connectivity index (χ3v) is 3.37. The highest BCUT2D eigenvalue weighted by Gasteiger charge is 2.25. The molecule has 0 saturated carbocycles. The minimum atomic E-state index is -0.327. The zero-order valence-electron chi connectivity index (χ0n) is 11.6. The van der Waals surface area contributed by atoms with Crippen LogP contribution in [0.15, 0.2) is 35.6 Å². The number of urea groups is 1. The van der Waals surface area contributed by atoms with Crippen molar-refractivity contribution in [3.63, 3.8) is 0 Å². The van der Waals surface area contributed by atoms with Crippen LogP contribution in [0, 0.1) is 11.8 Å². The van der Waals surface area contributed by atoms with E-state index in [0.29, 0.717) is 18.9 Å². The van der Waals surface area contributed by atoms with Crippen LogP contribution in [0.1, 0.15) is 27.2 Å². The molecule has 4 heteroatoms. The minimum Gasteiger partial charge on any atom is -0.294 e. The maximum absolute atomic E-state index is 11.8. The quantitative estimate of drug-likeness (QED) is 0.829. The number of carbonyl (C=O) groups is 2. The van der Waals surface area contributed by atoms with E-state index in [1.807, 2.05) is 6.08 Å². The van der Waals surface area contributed by atoms with Crippen molar-refractivity contribution in [1.82, 2.24) is 10.2 Å². The molecule has 1 atom stereocenters. The summed E-state index contributed by atoms with van der Waals surface area (Å²) in [5.41, 5.74) is 2.14. The van der Waals surface area contributed by atoms with Crippen molar-refractivity contribution < 1.29 is 9.59 Å². The van der Waals surface area contributed by atoms with Gasteiger partial charge >= 0.3 is 6.03 Å². The van der Waals surface area contributed by atoms with E-state index < -0.39 is 0 Å². The van der Waals surface area contributed by atoms with Gasteiger partial charge in [-0.05, 0) is 23.5 Å². The van der Waals surface area contributed by atoms with E-state index in [2.05, 4.69) is 44.3 Å². The molecule has 3 amide bonds. The fourth-order valence-corrected chi connectivity index (χ4v) is 2.29. The summed E-state index contributed by atoms with van der Waals surface area (Å²) >= 11 is 0. The SMILES string of the molecule is CC1C=C(C(C)C)C=CC(N2CCC(=O)NC2=O)=C1. The van der Waals surface area contributed by atoms with E-state index in [-0.39, 0.29) is 17.9 Å². The zero-order valence-corrected chi connectivity index (χ0v) is 11.6.